The predicted molar refractivity (Wildman–Crippen MR) is 109 cm³/mol. The van der Waals surface area contributed by atoms with Gasteiger partial charge < -0.3 is 10.6 Å². The number of halogens is 1. The highest BCUT2D eigenvalue weighted by Gasteiger charge is 2.19. The van der Waals surface area contributed by atoms with Gasteiger partial charge in [-0.1, -0.05) is 15.9 Å². The van der Waals surface area contributed by atoms with Gasteiger partial charge in [0, 0.05) is 22.8 Å². The maximum atomic E-state index is 12.8. The first-order valence-electron chi connectivity index (χ1n) is 8.36. The van der Waals surface area contributed by atoms with Gasteiger partial charge in [-0.15, -0.1) is 0 Å². The summed E-state index contributed by atoms with van der Waals surface area (Å²) in [6, 6.07) is 14.7. The van der Waals surface area contributed by atoms with Gasteiger partial charge in [-0.05, 0) is 62.4 Å². The Morgan fingerprint density at radius 1 is 0.926 bits per heavy atom. The van der Waals surface area contributed by atoms with Gasteiger partial charge in [0.25, 0.3) is 5.91 Å². The standard InChI is InChI=1S/C20H19BrN4O2/c1-12-19(13(2)25(24-12)18-10-4-15(21)5-11-18)20(27)23-17-8-6-16(7-9-17)22-14(3)26/h4-11H,1-3H3,(H,22,26)(H,23,27). The van der Waals surface area contributed by atoms with Crippen LogP contribution < -0.4 is 10.6 Å². The fraction of sp³-hybridized carbons (Fsp3) is 0.150. The minimum absolute atomic E-state index is 0.140. The van der Waals surface area contributed by atoms with Crippen LogP contribution in [0, 0.1) is 13.8 Å². The fourth-order valence-electron chi connectivity index (χ4n) is 2.84. The highest BCUT2D eigenvalue weighted by molar-refractivity contribution is 9.10. The van der Waals surface area contributed by atoms with E-state index in [-0.39, 0.29) is 11.8 Å². The highest BCUT2D eigenvalue weighted by Crippen LogP contribution is 2.21. The van der Waals surface area contributed by atoms with Crippen molar-refractivity contribution in [3.8, 4) is 5.69 Å². The van der Waals surface area contributed by atoms with E-state index in [1.807, 2.05) is 38.1 Å². The third-order valence-corrected chi connectivity index (χ3v) is 4.58. The van der Waals surface area contributed by atoms with E-state index in [0.29, 0.717) is 22.6 Å². The van der Waals surface area contributed by atoms with Crippen molar-refractivity contribution in [2.24, 2.45) is 0 Å². The number of aromatic nitrogens is 2. The lowest BCUT2D eigenvalue weighted by atomic mass is 10.1. The van der Waals surface area contributed by atoms with E-state index in [1.54, 1.807) is 28.9 Å². The smallest absolute Gasteiger partial charge is 0.259 e. The summed E-state index contributed by atoms with van der Waals surface area (Å²) < 4.78 is 2.74. The first kappa shape index (κ1) is 18.8. The van der Waals surface area contributed by atoms with Crippen LogP contribution >= 0.6 is 15.9 Å². The lowest BCUT2D eigenvalue weighted by molar-refractivity contribution is -0.114. The summed E-state index contributed by atoms with van der Waals surface area (Å²) >= 11 is 3.42. The Labute approximate surface area is 165 Å². The quantitative estimate of drug-likeness (QED) is 0.646. The number of carbonyl (C=O) groups excluding carboxylic acids is 2. The van der Waals surface area contributed by atoms with Crippen molar-refractivity contribution in [2.45, 2.75) is 20.8 Å². The molecule has 0 saturated heterocycles. The van der Waals surface area contributed by atoms with Gasteiger partial charge in [-0.25, -0.2) is 4.68 Å². The number of amides is 2. The Bertz CT molecular complexity index is 992. The highest BCUT2D eigenvalue weighted by atomic mass is 79.9. The molecule has 0 unspecified atom stereocenters. The zero-order chi connectivity index (χ0) is 19.6. The van der Waals surface area contributed by atoms with E-state index in [2.05, 4.69) is 31.7 Å². The van der Waals surface area contributed by atoms with Crippen LogP contribution in [0.2, 0.25) is 0 Å². The van der Waals surface area contributed by atoms with E-state index in [4.69, 9.17) is 0 Å². The molecule has 0 aliphatic carbocycles. The molecule has 0 radical (unpaired) electrons. The number of rotatable bonds is 4. The molecule has 138 valence electrons. The molecule has 0 spiro atoms. The molecule has 7 heteroatoms. The number of hydrogen-bond donors (Lipinski definition) is 2. The van der Waals surface area contributed by atoms with Crippen LogP contribution in [0.5, 0.6) is 0 Å². The van der Waals surface area contributed by atoms with E-state index < -0.39 is 0 Å². The SMILES string of the molecule is CC(=O)Nc1ccc(NC(=O)c2c(C)nn(-c3ccc(Br)cc3)c2C)cc1. The molecule has 1 aromatic heterocycles. The number of benzene rings is 2. The van der Waals surface area contributed by atoms with Gasteiger partial charge in [0.1, 0.15) is 0 Å². The normalized spacial score (nSPS) is 10.5. The third kappa shape index (κ3) is 4.25. The summed E-state index contributed by atoms with van der Waals surface area (Å²) in [6.45, 7) is 5.14. The Balaban J connectivity index is 1.83. The molecule has 2 aromatic carbocycles. The summed E-state index contributed by atoms with van der Waals surface area (Å²) in [5, 5.41) is 10.1. The number of nitrogens with one attached hydrogen (secondary N) is 2. The van der Waals surface area contributed by atoms with E-state index in [1.165, 1.54) is 6.92 Å². The van der Waals surface area contributed by atoms with Gasteiger partial charge in [0.15, 0.2) is 0 Å². The molecular weight excluding hydrogens is 408 g/mol. The maximum Gasteiger partial charge on any atom is 0.259 e. The zero-order valence-electron chi connectivity index (χ0n) is 15.2. The van der Waals surface area contributed by atoms with Gasteiger partial charge in [0.05, 0.1) is 22.6 Å². The van der Waals surface area contributed by atoms with Crippen molar-refractivity contribution in [2.75, 3.05) is 10.6 Å². The lowest BCUT2D eigenvalue weighted by Crippen LogP contribution is -2.14. The van der Waals surface area contributed by atoms with Crippen molar-refractivity contribution in [1.82, 2.24) is 9.78 Å². The molecule has 0 aliphatic heterocycles. The van der Waals surface area contributed by atoms with Crippen LogP contribution in [-0.4, -0.2) is 21.6 Å². The summed E-state index contributed by atoms with van der Waals surface area (Å²) in [4.78, 5) is 23.9. The minimum atomic E-state index is -0.222. The number of nitrogens with zero attached hydrogens (tertiary/aromatic N) is 2. The molecule has 2 N–H and O–H groups in total. The molecule has 0 bridgehead atoms. The predicted octanol–water partition coefficient (Wildman–Crippen LogP) is 4.46. The van der Waals surface area contributed by atoms with Crippen molar-refractivity contribution >= 4 is 39.1 Å². The second kappa shape index (κ2) is 7.75. The largest absolute Gasteiger partial charge is 0.326 e. The molecule has 3 rings (SSSR count). The van der Waals surface area contributed by atoms with Gasteiger partial charge in [0.2, 0.25) is 5.91 Å². The lowest BCUT2D eigenvalue weighted by Gasteiger charge is -2.08. The average Bonchev–Trinajstić information content (AvgIpc) is 2.91. The first-order valence-corrected chi connectivity index (χ1v) is 9.15. The molecule has 2 amide bonds. The second-order valence-corrected chi connectivity index (χ2v) is 7.06. The monoisotopic (exact) mass is 426 g/mol. The number of carbonyl (C=O) groups is 2. The van der Waals surface area contributed by atoms with Crippen molar-refractivity contribution in [3.63, 3.8) is 0 Å². The summed E-state index contributed by atoms with van der Waals surface area (Å²) in [5.74, 6) is -0.362. The van der Waals surface area contributed by atoms with Crippen molar-refractivity contribution < 1.29 is 9.59 Å². The van der Waals surface area contributed by atoms with Crippen LogP contribution in [0.4, 0.5) is 11.4 Å². The Morgan fingerprint density at radius 2 is 1.48 bits per heavy atom. The third-order valence-electron chi connectivity index (χ3n) is 4.05. The number of hydrogen-bond acceptors (Lipinski definition) is 3. The summed E-state index contributed by atoms with van der Waals surface area (Å²) in [7, 11) is 0. The minimum Gasteiger partial charge on any atom is -0.326 e. The van der Waals surface area contributed by atoms with Crippen LogP contribution in [0.25, 0.3) is 5.69 Å². The number of anilines is 2. The van der Waals surface area contributed by atoms with Crippen molar-refractivity contribution in [1.29, 1.82) is 0 Å². The van der Waals surface area contributed by atoms with Gasteiger partial charge >= 0.3 is 0 Å². The Morgan fingerprint density at radius 3 is 2.04 bits per heavy atom. The second-order valence-electron chi connectivity index (χ2n) is 6.15. The first-order chi connectivity index (χ1) is 12.8. The van der Waals surface area contributed by atoms with Gasteiger partial charge in [-0.3, -0.25) is 9.59 Å². The Kier molecular flexibility index (Phi) is 5.41. The van der Waals surface area contributed by atoms with Crippen LogP contribution in [-0.2, 0) is 4.79 Å². The molecule has 0 fully saturated rings. The summed E-state index contributed by atoms with van der Waals surface area (Å²) in [5.41, 5.74) is 4.17. The zero-order valence-corrected chi connectivity index (χ0v) is 16.8. The number of aryl methyl sites for hydroxylation is 1. The average molecular weight is 427 g/mol. The molecular formula is C20H19BrN4O2. The van der Waals surface area contributed by atoms with Crippen LogP contribution in [0.15, 0.2) is 53.0 Å². The molecule has 0 atom stereocenters. The Hall–Kier alpha value is -2.93. The molecule has 1 heterocycles. The van der Waals surface area contributed by atoms with E-state index in [9.17, 15) is 9.59 Å². The van der Waals surface area contributed by atoms with Crippen LogP contribution in [0.1, 0.15) is 28.7 Å². The maximum absolute atomic E-state index is 12.8. The molecule has 0 saturated carbocycles. The summed E-state index contributed by atoms with van der Waals surface area (Å²) in [6.07, 6.45) is 0. The molecule has 0 aliphatic rings. The van der Waals surface area contributed by atoms with E-state index >= 15 is 0 Å². The van der Waals surface area contributed by atoms with Crippen molar-refractivity contribution in [3.05, 3.63) is 70.0 Å². The molecule has 6 nitrogen and oxygen atoms in total. The van der Waals surface area contributed by atoms with Crippen LogP contribution in [0.3, 0.4) is 0 Å². The molecule has 3 aromatic rings. The van der Waals surface area contributed by atoms with E-state index in [0.717, 1.165) is 15.9 Å². The topological polar surface area (TPSA) is 76.0 Å². The fourth-order valence-corrected chi connectivity index (χ4v) is 3.10. The van der Waals surface area contributed by atoms with Gasteiger partial charge in [-0.2, -0.15) is 5.10 Å². The molecule has 27 heavy (non-hydrogen) atoms.